The maximum Gasteiger partial charge on any atom is 0.114 e. The second-order valence-corrected chi connectivity index (χ2v) is 11.3. The molecule has 0 radical (unpaired) electrons. The summed E-state index contributed by atoms with van der Waals surface area (Å²) < 4.78 is 157. The van der Waals surface area contributed by atoms with Gasteiger partial charge in [-0.1, -0.05) is 152 Å². The van der Waals surface area contributed by atoms with Crippen LogP contribution in [0.4, 0.5) is 0 Å². The van der Waals surface area contributed by atoms with Crippen LogP contribution in [-0.4, -0.2) is 9.55 Å². The molecule has 9 aromatic rings. The Balaban J connectivity index is 1.26. The molecule has 0 fully saturated rings. The van der Waals surface area contributed by atoms with E-state index in [2.05, 4.69) is 4.98 Å². The number of hydrogen-bond acceptors (Lipinski definition) is 1. The predicted octanol–water partition coefficient (Wildman–Crippen LogP) is 12.6. The number of aromatic nitrogens is 2. The number of para-hydroxylation sites is 2. The lowest BCUT2D eigenvalue weighted by Gasteiger charge is -2.18. The summed E-state index contributed by atoms with van der Waals surface area (Å²) in [6.07, 6.45) is -2.80. The van der Waals surface area contributed by atoms with Gasteiger partial charge in [-0.3, -0.25) is 4.57 Å². The van der Waals surface area contributed by atoms with Gasteiger partial charge in [-0.2, -0.15) is 0 Å². The molecule has 0 saturated heterocycles. The summed E-state index contributed by atoms with van der Waals surface area (Å²) in [5.74, 6) is -0.283. The highest BCUT2D eigenvalue weighted by atomic mass is 15.1. The Kier molecular flexibility index (Phi) is 3.89. The van der Waals surface area contributed by atoms with Gasteiger partial charge in [-0.25, -0.2) is 4.98 Å². The van der Waals surface area contributed by atoms with Crippen molar-refractivity contribution in [1.82, 2.24) is 9.55 Å². The molecule has 0 spiro atoms. The van der Waals surface area contributed by atoms with Crippen LogP contribution < -0.4 is 0 Å². The Morgan fingerprint density at radius 1 is 0.531 bits per heavy atom. The van der Waals surface area contributed by atoms with Crippen LogP contribution in [0.2, 0.25) is 0 Å². The van der Waals surface area contributed by atoms with Gasteiger partial charge in [-0.15, -0.1) is 0 Å². The van der Waals surface area contributed by atoms with Crippen LogP contribution in [0.25, 0.3) is 82.8 Å². The van der Waals surface area contributed by atoms with Crippen molar-refractivity contribution in [3.8, 4) is 50.2 Å². The molecule has 1 aromatic heterocycles. The van der Waals surface area contributed by atoms with E-state index in [-0.39, 0.29) is 55.2 Å². The lowest BCUT2D eigenvalue weighted by Crippen LogP contribution is -1.99. The molecule has 49 heavy (non-hydrogen) atoms. The highest BCUT2D eigenvalue weighted by Gasteiger charge is 2.17. The fraction of sp³-hybridized carbons (Fsp3) is 0.0426. The number of fused-ring (bicyclic) bond motifs is 3. The van der Waals surface area contributed by atoms with Gasteiger partial charge >= 0.3 is 0 Å². The third-order valence-corrected chi connectivity index (χ3v) is 8.62. The van der Waals surface area contributed by atoms with E-state index in [9.17, 15) is 5.48 Å². The summed E-state index contributed by atoms with van der Waals surface area (Å²) in [7, 11) is 0. The lowest BCUT2D eigenvalue weighted by atomic mass is 9.85. The normalized spacial score (nSPS) is 17.2. The lowest BCUT2D eigenvalue weighted by molar-refractivity contribution is 0.908. The Morgan fingerprint density at radius 3 is 1.73 bits per heavy atom. The first-order valence-electron chi connectivity index (χ1n) is 24.4. The number of rotatable bonds is 6. The Bertz CT molecular complexity index is 3450. The van der Waals surface area contributed by atoms with E-state index in [0.717, 1.165) is 0 Å². The van der Waals surface area contributed by atoms with E-state index in [1.165, 1.54) is 22.8 Å². The van der Waals surface area contributed by atoms with Gasteiger partial charge in [0.05, 0.1) is 28.9 Å². The zero-order valence-corrected chi connectivity index (χ0v) is 25.6. The zero-order valence-electron chi connectivity index (χ0n) is 43.6. The van der Waals surface area contributed by atoms with Crippen molar-refractivity contribution in [3.05, 3.63) is 181 Å². The molecule has 0 amide bonds. The second-order valence-electron chi connectivity index (χ2n) is 11.3. The minimum atomic E-state index is -3.02. The van der Waals surface area contributed by atoms with Crippen LogP contribution in [-0.2, 0) is 6.37 Å². The molecular formula is C47H34N2. The van der Waals surface area contributed by atoms with E-state index in [1.54, 1.807) is 78.9 Å². The van der Waals surface area contributed by atoms with E-state index >= 15 is 0 Å². The average Bonchev–Trinajstić information content (AvgIpc) is 3.72. The van der Waals surface area contributed by atoms with E-state index in [0.29, 0.717) is 33.4 Å². The summed E-state index contributed by atoms with van der Waals surface area (Å²) in [6.45, 7) is -3.02. The molecule has 0 unspecified atom stereocenters. The first kappa shape index (κ1) is 15.8. The van der Waals surface area contributed by atoms with E-state index in [4.69, 9.17) is 19.2 Å². The van der Waals surface area contributed by atoms with Crippen LogP contribution in [0.1, 0.15) is 37.3 Å². The molecule has 232 valence electrons. The van der Waals surface area contributed by atoms with Crippen LogP contribution in [0.15, 0.2) is 176 Å². The molecule has 1 heterocycles. The van der Waals surface area contributed by atoms with Crippen molar-refractivity contribution in [3.63, 3.8) is 0 Å². The molecule has 0 aliphatic heterocycles. The summed E-state index contributed by atoms with van der Waals surface area (Å²) in [5.41, 5.74) is 3.46. The molecule has 0 aliphatic carbocycles. The van der Waals surface area contributed by atoms with E-state index in [1.807, 2.05) is 0 Å². The number of imidazole rings is 1. The van der Waals surface area contributed by atoms with E-state index < -0.39 is 91.8 Å². The van der Waals surface area contributed by atoms with Gasteiger partial charge in [0.1, 0.15) is 5.82 Å². The van der Waals surface area contributed by atoms with Gasteiger partial charge in [0, 0.05) is 18.9 Å². The summed E-state index contributed by atoms with van der Waals surface area (Å²) in [5, 5.41) is -0.204. The average molecular weight is 645 g/mol. The standard InChI is InChI=1S/C47H34N2/c1-2-45-48-43-21-10-11-22-44(43)49(45)38-29-27-34(28-30-38)33-23-25-35(26-24-33)46-39-17-6-8-19-41(39)47(42-20-9-7-18-40(42)46)37-16-12-15-36(31-37)32-13-4-3-5-14-32/h3-31H,2H2,1H3/i1D3,2D2,3D,4D,5D,6D,7D,8D,9D,13D,14D,17D,18D,19D,20D. The van der Waals surface area contributed by atoms with Crippen LogP contribution >= 0.6 is 0 Å². The third kappa shape index (κ3) is 5.01. The molecule has 8 aromatic carbocycles. The molecule has 0 saturated carbocycles. The molecule has 0 bridgehead atoms. The molecule has 9 rings (SSSR count). The topological polar surface area (TPSA) is 17.8 Å². The quantitative estimate of drug-likeness (QED) is 0.165. The number of nitrogens with zero attached hydrogens (tertiary/aromatic N) is 2. The molecule has 0 atom stereocenters. The van der Waals surface area contributed by atoms with Crippen molar-refractivity contribution in [2.45, 2.75) is 13.2 Å². The molecule has 0 aliphatic rings. The minimum Gasteiger partial charge on any atom is -0.296 e. The van der Waals surface area contributed by atoms with Gasteiger partial charge in [-0.05, 0) is 96.4 Å². The predicted molar refractivity (Wildman–Crippen MR) is 207 cm³/mol. The van der Waals surface area contributed by atoms with Crippen molar-refractivity contribution < 1.29 is 24.7 Å². The van der Waals surface area contributed by atoms with Gasteiger partial charge in [0.15, 0.2) is 0 Å². The summed E-state index contributed by atoms with van der Waals surface area (Å²) in [4.78, 5) is 4.39. The van der Waals surface area contributed by atoms with Gasteiger partial charge in [0.25, 0.3) is 0 Å². The van der Waals surface area contributed by atoms with Crippen LogP contribution in [0.5, 0.6) is 0 Å². The van der Waals surface area contributed by atoms with Crippen LogP contribution in [0.3, 0.4) is 0 Å². The molecule has 2 nitrogen and oxygen atoms in total. The monoisotopic (exact) mass is 644 g/mol. The highest BCUT2D eigenvalue weighted by Crippen LogP contribution is 2.44. The van der Waals surface area contributed by atoms with Gasteiger partial charge in [0.2, 0.25) is 0 Å². The third-order valence-electron chi connectivity index (χ3n) is 8.62. The SMILES string of the molecule is [2H]c1c([2H])c([2H])c(-c2cccc(-c3c4c([2H])c([2H])c([2H])c([2H])c4c(-c4ccc(-c5ccc(-n6c(C([2H])([2H])C([2H])([2H])[2H])nc7ccccc76)cc5)cc4)c4c([2H])c([2H])c([2H])c([2H])c34)c2)c([2H])c1[2H]. The summed E-state index contributed by atoms with van der Waals surface area (Å²) in [6, 6.07) is 19.7. The smallest absolute Gasteiger partial charge is 0.114 e. The largest absolute Gasteiger partial charge is 0.296 e. The highest BCUT2D eigenvalue weighted by molar-refractivity contribution is 6.21. The minimum absolute atomic E-state index is 0.0273. The fourth-order valence-corrected chi connectivity index (χ4v) is 6.43. The second kappa shape index (κ2) is 12.1. The maximum atomic E-state index is 9.31. The van der Waals surface area contributed by atoms with Crippen LogP contribution in [0, 0.1) is 0 Å². The Morgan fingerprint density at radius 2 is 1.08 bits per heavy atom. The summed E-state index contributed by atoms with van der Waals surface area (Å²) >= 11 is 0. The first-order chi connectivity index (χ1) is 31.6. The van der Waals surface area contributed by atoms with Crippen molar-refractivity contribution in [2.75, 3.05) is 0 Å². The zero-order chi connectivity index (χ0) is 48.3. The van der Waals surface area contributed by atoms with Crippen molar-refractivity contribution in [2.24, 2.45) is 0 Å². The first-order valence-corrected chi connectivity index (χ1v) is 15.4. The molecule has 2 heteroatoms. The van der Waals surface area contributed by atoms with Crippen molar-refractivity contribution >= 4 is 32.6 Å². The fourth-order valence-electron chi connectivity index (χ4n) is 6.43. The van der Waals surface area contributed by atoms with Gasteiger partial charge < -0.3 is 0 Å². The maximum absolute atomic E-state index is 9.31. The number of benzene rings is 8. The molecular weight excluding hydrogens is 593 g/mol. The van der Waals surface area contributed by atoms with Crippen molar-refractivity contribution in [1.29, 1.82) is 0 Å². The molecule has 0 N–H and O–H groups in total. The Hall–Kier alpha value is -6.25. The number of hydrogen-bond donors (Lipinski definition) is 0. The number of aryl methyl sites for hydroxylation is 1. The Labute approximate surface area is 311 Å².